The largest absolute Gasteiger partial charge is 0.481 e. The van der Waals surface area contributed by atoms with Gasteiger partial charge in [-0.05, 0) is 23.8 Å². The predicted octanol–water partition coefficient (Wildman–Crippen LogP) is 4.21. The van der Waals surface area contributed by atoms with Crippen molar-refractivity contribution in [1.82, 2.24) is 10.2 Å². The third-order valence-electron chi connectivity index (χ3n) is 3.95. The molecule has 168 valence electrons. The van der Waals surface area contributed by atoms with Gasteiger partial charge in [0.05, 0.1) is 11.3 Å². The molecule has 0 aliphatic carbocycles. The predicted molar refractivity (Wildman–Crippen MR) is 126 cm³/mol. The number of thioether (sulfide) groups is 1. The van der Waals surface area contributed by atoms with E-state index in [1.165, 1.54) is 4.90 Å². The first kappa shape index (κ1) is 25.7. The number of carboxylic acid groups (broad SMARTS) is 1. The van der Waals surface area contributed by atoms with Crippen molar-refractivity contribution in [3.05, 3.63) is 34.7 Å². The van der Waals surface area contributed by atoms with Crippen molar-refractivity contribution in [3.8, 4) is 5.75 Å². The van der Waals surface area contributed by atoms with Crippen LogP contribution in [0.2, 0.25) is 0 Å². The Labute approximate surface area is 204 Å². The fourth-order valence-corrected chi connectivity index (χ4v) is 3.91. The van der Waals surface area contributed by atoms with Crippen LogP contribution in [0.3, 0.4) is 0 Å². The van der Waals surface area contributed by atoms with Crippen LogP contribution in [0.4, 0.5) is 0 Å². The molecule has 1 aliphatic heterocycles. The van der Waals surface area contributed by atoms with E-state index in [-0.39, 0.29) is 30.7 Å². The summed E-state index contributed by atoms with van der Waals surface area (Å²) in [7, 11) is 0. The molecule has 2 rings (SSSR count). The molecule has 1 aromatic carbocycles. The zero-order chi connectivity index (χ0) is 23.3. The van der Waals surface area contributed by atoms with Crippen LogP contribution in [0.5, 0.6) is 5.75 Å². The number of thiocarbonyl (C=S) groups is 1. The van der Waals surface area contributed by atoms with Gasteiger partial charge in [-0.3, -0.25) is 19.3 Å². The monoisotopic (exact) mass is 524 g/mol. The maximum absolute atomic E-state index is 12.5. The van der Waals surface area contributed by atoms with Crippen molar-refractivity contribution in [3.63, 3.8) is 0 Å². The molecule has 31 heavy (non-hydrogen) atoms. The van der Waals surface area contributed by atoms with E-state index in [2.05, 4.69) is 5.32 Å². The van der Waals surface area contributed by atoms with Crippen molar-refractivity contribution < 1.29 is 24.2 Å². The summed E-state index contributed by atoms with van der Waals surface area (Å²) >= 11 is 24.0. The van der Waals surface area contributed by atoms with Crippen molar-refractivity contribution >= 4 is 87.0 Å². The lowest BCUT2D eigenvalue weighted by Crippen LogP contribution is -2.49. The molecule has 0 bridgehead atoms. The van der Waals surface area contributed by atoms with E-state index >= 15 is 0 Å². The molecular formula is C19H19Cl3N2O5S2. The van der Waals surface area contributed by atoms with Gasteiger partial charge in [0.1, 0.15) is 10.1 Å². The first-order valence-corrected chi connectivity index (χ1v) is 11.4. The van der Waals surface area contributed by atoms with E-state index < -0.39 is 16.0 Å². The summed E-state index contributed by atoms with van der Waals surface area (Å²) in [4.78, 5) is 36.8. The van der Waals surface area contributed by atoms with Crippen LogP contribution < -0.4 is 10.1 Å². The minimum atomic E-state index is -1.90. The molecule has 1 atom stereocenters. The number of rotatable bonds is 8. The van der Waals surface area contributed by atoms with Crippen LogP contribution in [0, 0.1) is 5.92 Å². The summed E-state index contributed by atoms with van der Waals surface area (Å²) in [6, 6.07) is 6.56. The first-order valence-electron chi connectivity index (χ1n) is 8.99. The summed E-state index contributed by atoms with van der Waals surface area (Å²) in [5.41, 5.74) is 0.683. The molecule has 0 aromatic heterocycles. The van der Waals surface area contributed by atoms with E-state index in [4.69, 9.17) is 56.9 Å². The maximum Gasteiger partial charge on any atom is 0.305 e. The van der Waals surface area contributed by atoms with Gasteiger partial charge < -0.3 is 15.2 Å². The van der Waals surface area contributed by atoms with Crippen molar-refractivity contribution in [2.75, 3.05) is 6.54 Å². The highest BCUT2D eigenvalue weighted by Crippen LogP contribution is 2.34. The molecule has 0 spiro atoms. The molecule has 1 heterocycles. The molecule has 2 amide bonds. The normalized spacial score (nSPS) is 16.7. The maximum atomic E-state index is 12.5. The Morgan fingerprint density at radius 3 is 2.42 bits per heavy atom. The molecule has 1 aliphatic rings. The Bertz CT molecular complexity index is 901. The van der Waals surface area contributed by atoms with E-state index in [0.29, 0.717) is 20.5 Å². The van der Waals surface area contributed by atoms with E-state index in [1.807, 2.05) is 0 Å². The Morgan fingerprint density at radius 1 is 1.29 bits per heavy atom. The lowest BCUT2D eigenvalue weighted by atomic mass is 10.2. The van der Waals surface area contributed by atoms with Crippen LogP contribution in [0.25, 0.3) is 6.08 Å². The summed E-state index contributed by atoms with van der Waals surface area (Å²) in [5, 5.41) is 11.3. The Hall–Kier alpha value is -1.52. The van der Waals surface area contributed by atoms with Gasteiger partial charge >= 0.3 is 5.97 Å². The molecule has 2 N–H and O–H groups in total. The van der Waals surface area contributed by atoms with Crippen LogP contribution >= 0.6 is 58.8 Å². The quantitative estimate of drug-likeness (QED) is 0.227. The highest BCUT2D eigenvalue weighted by atomic mass is 35.6. The molecule has 1 saturated heterocycles. The fraction of sp³-hybridized carbons (Fsp3) is 0.368. The summed E-state index contributed by atoms with van der Waals surface area (Å²) in [5.74, 6) is -1.67. The number of amides is 2. The van der Waals surface area contributed by atoms with Gasteiger partial charge in [0.15, 0.2) is 0 Å². The standard InChI is InChI=1S/C19H19Cl3N2O5S2/c1-10(2)15(27)23-17(19(20,21)22)29-12-5-3-11(4-6-12)9-13-16(28)24(18(30)31-13)8-7-14(25)26/h3-6,9-10,17H,7-8H2,1-2H3,(H,23,27)(H,25,26)/b13-9-/t17-/m0/s1. The zero-order valence-corrected chi connectivity index (χ0v) is 20.3. The number of halogens is 3. The minimum absolute atomic E-state index is 0.0185. The second-order valence-electron chi connectivity index (χ2n) is 6.75. The number of nitrogens with one attached hydrogen (secondary N) is 1. The fourth-order valence-electron chi connectivity index (χ4n) is 2.30. The molecule has 7 nitrogen and oxygen atoms in total. The average molecular weight is 526 g/mol. The lowest BCUT2D eigenvalue weighted by Gasteiger charge is -2.27. The minimum Gasteiger partial charge on any atom is -0.481 e. The van der Waals surface area contributed by atoms with E-state index in [0.717, 1.165) is 11.8 Å². The first-order chi connectivity index (χ1) is 14.4. The highest BCUT2D eigenvalue weighted by molar-refractivity contribution is 8.26. The van der Waals surface area contributed by atoms with Crippen LogP contribution in [-0.4, -0.2) is 48.7 Å². The highest BCUT2D eigenvalue weighted by Gasteiger charge is 2.36. The summed E-state index contributed by atoms with van der Waals surface area (Å²) in [6.45, 7) is 3.42. The topological polar surface area (TPSA) is 95.9 Å². The number of hydrogen-bond acceptors (Lipinski definition) is 6. The number of carbonyl (C=O) groups is 3. The van der Waals surface area contributed by atoms with Gasteiger partial charge in [-0.2, -0.15) is 0 Å². The van der Waals surface area contributed by atoms with E-state index in [1.54, 1.807) is 44.2 Å². The third-order valence-corrected chi connectivity index (χ3v) is 5.92. The van der Waals surface area contributed by atoms with Gasteiger partial charge in [0.25, 0.3) is 5.91 Å². The Morgan fingerprint density at radius 2 is 1.90 bits per heavy atom. The van der Waals surface area contributed by atoms with E-state index in [9.17, 15) is 14.4 Å². The van der Waals surface area contributed by atoms with Crippen molar-refractivity contribution in [2.45, 2.75) is 30.3 Å². The van der Waals surface area contributed by atoms with Crippen molar-refractivity contribution in [2.24, 2.45) is 5.92 Å². The number of carboxylic acids is 1. The lowest BCUT2D eigenvalue weighted by molar-refractivity contribution is -0.137. The molecule has 12 heteroatoms. The Balaban J connectivity index is 2.10. The molecule has 0 radical (unpaired) electrons. The summed E-state index contributed by atoms with van der Waals surface area (Å²) in [6.07, 6.45) is 0.240. The number of nitrogens with zero attached hydrogens (tertiary/aromatic N) is 1. The molecule has 1 aromatic rings. The van der Waals surface area contributed by atoms with Crippen molar-refractivity contribution in [1.29, 1.82) is 0 Å². The number of hydrogen-bond donors (Lipinski definition) is 2. The molecular weight excluding hydrogens is 507 g/mol. The van der Waals surface area contributed by atoms with Gasteiger partial charge in [0.2, 0.25) is 15.9 Å². The van der Waals surface area contributed by atoms with Crippen LogP contribution in [0.15, 0.2) is 29.2 Å². The van der Waals surface area contributed by atoms with Gasteiger partial charge in [-0.25, -0.2) is 0 Å². The Kier molecular flexibility index (Phi) is 9.03. The average Bonchev–Trinajstić information content (AvgIpc) is 2.92. The molecule has 1 fully saturated rings. The number of aliphatic carboxylic acids is 1. The number of benzene rings is 1. The second-order valence-corrected chi connectivity index (χ2v) is 10.8. The number of carbonyl (C=O) groups excluding carboxylic acids is 2. The third kappa shape index (κ3) is 7.54. The van der Waals surface area contributed by atoms with Gasteiger partial charge in [0, 0.05) is 12.5 Å². The van der Waals surface area contributed by atoms with Gasteiger partial charge in [-0.1, -0.05) is 84.8 Å². The summed E-state index contributed by atoms with van der Waals surface area (Å²) < 4.78 is 4.04. The smallest absolute Gasteiger partial charge is 0.305 e. The van der Waals surface area contributed by atoms with Crippen LogP contribution in [0.1, 0.15) is 25.8 Å². The SMILES string of the molecule is CC(C)C(=O)N[C@@H](Oc1ccc(/C=C2\SC(=S)N(CCC(=O)O)C2=O)cc1)C(Cl)(Cl)Cl. The molecule has 0 saturated carbocycles. The van der Waals surface area contributed by atoms with Gasteiger partial charge in [-0.15, -0.1) is 0 Å². The number of ether oxygens (including phenoxy) is 1. The zero-order valence-electron chi connectivity index (χ0n) is 16.4. The number of alkyl halides is 3. The molecule has 0 unspecified atom stereocenters. The van der Waals surface area contributed by atoms with Crippen LogP contribution in [-0.2, 0) is 14.4 Å². The second kappa shape index (κ2) is 10.9.